The Hall–Kier alpha value is -1.80. The number of primary sulfonamides is 1. The van der Waals surface area contributed by atoms with Crippen LogP contribution in [-0.2, 0) is 16.6 Å². The Labute approximate surface area is 110 Å². The molecule has 0 radical (unpaired) electrons. The highest BCUT2D eigenvalue weighted by molar-refractivity contribution is 7.89. The molecule has 2 rings (SSSR count). The number of hydrogen-bond acceptors (Lipinski definition) is 4. The van der Waals surface area contributed by atoms with Gasteiger partial charge in [-0.15, -0.1) is 10.2 Å². The van der Waals surface area contributed by atoms with Crippen molar-refractivity contribution in [2.75, 3.05) is 0 Å². The van der Waals surface area contributed by atoms with Crippen LogP contribution < -0.4 is 5.14 Å². The Kier molecular flexibility index (Phi) is 3.38. The number of halogens is 1. The Morgan fingerprint density at radius 2 is 2.05 bits per heavy atom. The summed E-state index contributed by atoms with van der Waals surface area (Å²) in [5.41, 5.74) is 0.643. The van der Waals surface area contributed by atoms with Gasteiger partial charge in [-0.3, -0.25) is 4.57 Å². The molecule has 0 bridgehead atoms. The Balaban J connectivity index is 2.71. The van der Waals surface area contributed by atoms with Crippen LogP contribution in [0, 0.1) is 12.7 Å². The van der Waals surface area contributed by atoms with E-state index in [0.717, 1.165) is 0 Å². The second-order valence-electron chi connectivity index (χ2n) is 4.03. The number of nitrogens with two attached hydrogens (primary N) is 1. The molecule has 0 fully saturated rings. The number of benzene rings is 1. The van der Waals surface area contributed by atoms with Crippen LogP contribution in [0.15, 0.2) is 23.4 Å². The van der Waals surface area contributed by atoms with Crippen LogP contribution in [0.1, 0.15) is 12.5 Å². The molecule has 1 aromatic heterocycles. The molecule has 1 heterocycles. The second kappa shape index (κ2) is 4.71. The molecule has 0 spiro atoms. The van der Waals surface area contributed by atoms with Crippen molar-refractivity contribution in [2.24, 2.45) is 5.14 Å². The zero-order chi connectivity index (χ0) is 14.2. The van der Waals surface area contributed by atoms with E-state index in [9.17, 15) is 12.8 Å². The maximum atomic E-state index is 14.0. The van der Waals surface area contributed by atoms with Gasteiger partial charge in [0.25, 0.3) is 15.2 Å². The summed E-state index contributed by atoms with van der Waals surface area (Å²) >= 11 is 0. The third-order valence-corrected chi connectivity index (χ3v) is 3.53. The van der Waals surface area contributed by atoms with Crippen LogP contribution >= 0.6 is 0 Å². The fourth-order valence-corrected chi connectivity index (χ4v) is 2.48. The van der Waals surface area contributed by atoms with Crippen molar-refractivity contribution in [3.8, 4) is 11.4 Å². The number of hydrogen-bond donors (Lipinski definition) is 1. The molecule has 2 N–H and O–H groups in total. The molecule has 8 heteroatoms. The minimum atomic E-state index is -3.99. The van der Waals surface area contributed by atoms with Crippen LogP contribution in [0.3, 0.4) is 0 Å². The van der Waals surface area contributed by atoms with Gasteiger partial charge in [-0.05, 0) is 25.5 Å². The van der Waals surface area contributed by atoms with E-state index < -0.39 is 15.8 Å². The lowest BCUT2D eigenvalue weighted by atomic mass is 10.1. The van der Waals surface area contributed by atoms with Crippen LogP contribution in [0.25, 0.3) is 11.4 Å². The van der Waals surface area contributed by atoms with E-state index in [4.69, 9.17) is 5.14 Å². The van der Waals surface area contributed by atoms with Gasteiger partial charge in [0, 0.05) is 6.54 Å². The first-order valence-electron chi connectivity index (χ1n) is 5.57. The molecule has 0 unspecified atom stereocenters. The van der Waals surface area contributed by atoms with Gasteiger partial charge >= 0.3 is 0 Å². The molecule has 0 aliphatic carbocycles. The summed E-state index contributed by atoms with van der Waals surface area (Å²) in [6.45, 7) is 3.59. The first-order chi connectivity index (χ1) is 8.86. The normalized spacial score (nSPS) is 11.8. The van der Waals surface area contributed by atoms with Gasteiger partial charge in [0.2, 0.25) is 0 Å². The van der Waals surface area contributed by atoms with Crippen molar-refractivity contribution in [3.05, 3.63) is 29.6 Å². The number of nitrogens with zero attached hydrogens (tertiary/aromatic N) is 3. The SMILES string of the molecule is CCn1c(-c2cccc(C)c2F)nnc1S(N)(=O)=O. The second-order valence-corrected chi connectivity index (χ2v) is 5.49. The first-order valence-corrected chi connectivity index (χ1v) is 7.12. The molecule has 102 valence electrons. The summed E-state index contributed by atoms with van der Waals surface area (Å²) < 4.78 is 38.1. The lowest BCUT2D eigenvalue weighted by Crippen LogP contribution is -2.18. The van der Waals surface area contributed by atoms with Crippen molar-refractivity contribution in [1.29, 1.82) is 0 Å². The Morgan fingerprint density at radius 1 is 1.37 bits per heavy atom. The number of aryl methyl sites for hydroxylation is 1. The van der Waals surface area contributed by atoms with E-state index in [2.05, 4.69) is 10.2 Å². The molecule has 6 nitrogen and oxygen atoms in total. The molecule has 0 saturated carbocycles. The Bertz CT molecular complexity index is 724. The van der Waals surface area contributed by atoms with Gasteiger partial charge in [-0.2, -0.15) is 0 Å². The van der Waals surface area contributed by atoms with Crippen LogP contribution in [0.5, 0.6) is 0 Å². The topological polar surface area (TPSA) is 90.9 Å². The summed E-state index contributed by atoms with van der Waals surface area (Å²) in [5, 5.41) is 12.0. The van der Waals surface area contributed by atoms with E-state index >= 15 is 0 Å². The van der Waals surface area contributed by atoms with Crippen molar-refractivity contribution in [3.63, 3.8) is 0 Å². The molecule has 19 heavy (non-hydrogen) atoms. The molecule has 0 aliphatic rings. The van der Waals surface area contributed by atoms with Gasteiger partial charge in [-0.25, -0.2) is 17.9 Å². The molecule has 0 aliphatic heterocycles. The zero-order valence-corrected chi connectivity index (χ0v) is 11.3. The molecular weight excluding hydrogens is 271 g/mol. The van der Waals surface area contributed by atoms with Crippen molar-refractivity contribution in [1.82, 2.24) is 14.8 Å². The summed E-state index contributed by atoms with van der Waals surface area (Å²) in [4.78, 5) is 0. The maximum absolute atomic E-state index is 14.0. The fourth-order valence-electron chi connectivity index (χ4n) is 1.80. The average molecular weight is 284 g/mol. The third-order valence-electron chi connectivity index (χ3n) is 2.72. The largest absolute Gasteiger partial charge is 0.297 e. The standard InChI is InChI=1S/C11H13FN4O2S/c1-3-16-10(14-15-11(16)19(13,17)18)8-6-4-5-7(2)9(8)12/h4-6H,3H2,1-2H3,(H2,13,17,18). The quantitative estimate of drug-likeness (QED) is 0.912. The highest BCUT2D eigenvalue weighted by Crippen LogP contribution is 2.24. The van der Waals surface area contributed by atoms with Crippen LogP contribution in [0.2, 0.25) is 0 Å². The lowest BCUT2D eigenvalue weighted by Gasteiger charge is -2.08. The minimum Gasteiger partial charge on any atom is -0.297 e. The van der Waals surface area contributed by atoms with Crippen molar-refractivity contribution < 1.29 is 12.8 Å². The molecule has 2 aromatic rings. The van der Waals surface area contributed by atoms with Crippen molar-refractivity contribution >= 4 is 10.0 Å². The van der Waals surface area contributed by atoms with E-state index in [1.54, 1.807) is 26.0 Å². The third kappa shape index (κ3) is 2.36. The monoisotopic (exact) mass is 284 g/mol. The summed E-state index contributed by atoms with van der Waals surface area (Å²) in [5.74, 6) is -0.307. The highest BCUT2D eigenvalue weighted by Gasteiger charge is 2.22. The van der Waals surface area contributed by atoms with Gasteiger partial charge in [-0.1, -0.05) is 12.1 Å². The number of aromatic nitrogens is 3. The fraction of sp³-hybridized carbons (Fsp3) is 0.273. The molecule has 0 atom stereocenters. The van der Waals surface area contributed by atoms with E-state index in [1.165, 1.54) is 10.6 Å². The first kappa shape index (κ1) is 13.6. The molecule has 1 aromatic carbocycles. The van der Waals surface area contributed by atoms with Crippen LogP contribution in [0.4, 0.5) is 4.39 Å². The van der Waals surface area contributed by atoms with Gasteiger partial charge in [0.1, 0.15) is 5.82 Å². The van der Waals surface area contributed by atoms with Gasteiger partial charge in [0.05, 0.1) is 5.56 Å². The van der Waals surface area contributed by atoms with E-state index in [-0.39, 0.29) is 23.1 Å². The van der Waals surface area contributed by atoms with Crippen LogP contribution in [-0.4, -0.2) is 23.2 Å². The number of sulfonamides is 1. The highest BCUT2D eigenvalue weighted by atomic mass is 32.2. The van der Waals surface area contributed by atoms with E-state index in [0.29, 0.717) is 5.56 Å². The molecule has 0 saturated heterocycles. The zero-order valence-electron chi connectivity index (χ0n) is 10.5. The summed E-state index contributed by atoms with van der Waals surface area (Å²) in [6.07, 6.45) is 0. The summed E-state index contributed by atoms with van der Waals surface area (Å²) in [7, 11) is -3.99. The summed E-state index contributed by atoms with van der Waals surface area (Å²) in [6, 6.07) is 4.80. The maximum Gasteiger partial charge on any atom is 0.273 e. The lowest BCUT2D eigenvalue weighted by molar-refractivity contribution is 0.569. The minimum absolute atomic E-state index is 0.146. The molecular formula is C11H13FN4O2S. The predicted octanol–water partition coefficient (Wildman–Crippen LogP) is 1.06. The Morgan fingerprint density at radius 3 is 2.63 bits per heavy atom. The van der Waals surface area contributed by atoms with Gasteiger partial charge in [0.15, 0.2) is 5.82 Å². The van der Waals surface area contributed by atoms with Crippen molar-refractivity contribution in [2.45, 2.75) is 25.5 Å². The number of rotatable bonds is 3. The molecule has 0 amide bonds. The predicted molar refractivity (Wildman–Crippen MR) is 67.2 cm³/mol. The average Bonchev–Trinajstić information content (AvgIpc) is 2.76. The van der Waals surface area contributed by atoms with Gasteiger partial charge < -0.3 is 0 Å². The smallest absolute Gasteiger partial charge is 0.273 e. The van der Waals surface area contributed by atoms with E-state index in [1.807, 2.05) is 0 Å².